The Morgan fingerprint density at radius 3 is 2.40 bits per heavy atom. The van der Waals surface area contributed by atoms with Crippen LogP contribution in [0.1, 0.15) is 18.1 Å². The number of benzene rings is 1. The molecule has 0 atom stereocenters. The summed E-state index contributed by atoms with van der Waals surface area (Å²) in [6.07, 6.45) is 9.75. The number of allylic oxidation sites excluding steroid dienone is 4. The minimum Gasteiger partial charge on any atom is -0.0991 e. The predicted octanol–water partition coefficient (Wildman–Crippen LogP) is 4.48. The van der Waals surface area contributed by atoms with E-state index in [4.69, 9.17) is 0 Å². The van der Waals surface area contributed by atoms with Gasteiger partial charge in [0.2, 0.25) is 0 Å². The highest BCUT2D eigenvalue weighted by atomic mass is 14.0. The van der Waals surface area contributed by atoms with Crippen LogP contribution in [0.4, 0.5) is 0 Å². The maximum Gasteiger partial charge on any atom is -0.0181 e. The summed E-state index contributed by atoms with van der Waals surface area (Å²) >= 11 is 0. The van der Waals surface area contributed by atoms with E-state index in [1.165, 1.54) is 11.1 Å². The monoisotopic (exact) mass is 196 g/mol. The Morgan fingerprint density at radius 2 is 1.80 bits per heavy atom. The molecule has 0 amide bonds. The lowest BCUT2D eigenvalue weighted by Crippen LogP contribution is -1.80. The van der Waals surface area contributed by atoms with Gasteiger partial charge in [-0.15, -0.1) is 0 Å². The molecule has 1 rings (SSSR count). The van der Waals surface area contributed by atoms with Crippen molar-refractivity contribution in [2.24, 2.45) is 0 Å². The van der Waals surface area contributed by atoms with Crippen molar-refractivity contribution < 1.29 is 0 Å². The first-order valence-corrected chi connectivity index (χ1v) is 4.97. The standard InChI is InChI=1S/C15H16/c1-4-6-9-14-10-7-8-11-15(14)12-13(3)5-2/h4-12H,1-2H2,3H3/b9-6+,13-12+. The van der Waals surface area contributed by atoms with E-state index in [0.717, 1.165) is 5.57 Å². The van der Waals surface area contributed by atoms with Gasteiger partial charge in [-0.25, -0.2) is 0 Å². The molecular formula is C15H16. The van der Waals surface area contributed by atoms with Gasteiger partial charge in [-0.1, -0.05) is 73.4 Å². The highest BCUT2D eigenvalue weighted by molar-refractivity contribution is 5.67. The topological polar surface area (TPSA) is 0 Å². The molecule has 1 aromatic carbocycles. The fourth-order valence-electron chi connectivity index (χ4n) is 1.27. The number of hydrogen-bond acceptors (Lipinski definition) is 0. The molecule has 0 unspecified atom stereocenters. The summed E-state index contributed by atoms with van der Waals surface area (Å²) < 4.78 is 0. The molecule has 0 aliphatic heterocycles. The smallest absolute Gasteiger partial charge is 0.0181 e. The van der Waals surface area contributed by atoms with E-state index in [-0.39, 0.29) is 0 Å². The van der Waals surface area contributed by atoms with Gasteiger partial charge in [-0.05, 0) is 18.1 Å². The van der Waals surface area contributed by atoms with Gasteiger partial charge in [0.1, 0.15) is 0 Å². The fourth-order valence-corrected chi connectivity index (χ4v) is 1.27. The lowest BCUT2D eigenvalue weighted by atomic mass is 10.0. The van der Waals surface area contributed by atoms with E-state index in [2.05, 4.69) is 37.4 Å². The first-order chi connectivity index (χ1) is 7.27. The van der Waals surface area contributed by atoms with Crippen molar-refractivity contribution in [2.75, 3.05) is 0 Å². The average molecular weight is 196 g/mol. The van der Waals surface area contributed by atoms with Crippen molar-refractivity contribution in [3.63, 3.8) is 0 Å². The SMILES string of the molecule is C=C/C=C/c1ccccc1/C=C(\C)C=C. The van der Waals surface area contributed by atoms with Crippen molar-refractivity contribution >= 4 is 12.2 Å². The molecule has 0 N–H and O–H groups in total. The van der Waals surface area contributed by atoms with Crippen LogP contribution in [0, 0.1) is 0 Å². The Labute approximate surface area is 92.0 Å². The summed E-state index contributed by atoms with van der Waals surface area (Å²) in [5.74, 6) is 0. The van der Waals surface area contributed by atoms with Gasteiger partial charge >= 0.3 is 0 Å². The lowest BCUT2D eigenvalue weighted by molar-refractivity contribution is 1.54. The second-order valence-electron chi connectivity index (χ2n) is 3.32. The molecule has 0 bridgehead atoms. The van der Waals surface area contributed by atoms with Crippen LogP contribution in [0.2, 0.25) is 0 Å². The van der Waals surface area contributed by atoms with Crippen LogP contribution in [0.5, 0.6) is 0 Å². The first-order valence-electron chi connectivity index (χ1n) is 4.97. The van der Waals surface area contributed by atoms with E-state index in [1.54, 1.807) is 6.08 Å². The van der Waals surface area contributed by atoms with Crippen LogP contribution in [0.25, 0.3) is 12.2 Å². The summed E-state index contributed by atoms with van der Waals surface area (Å²) in [4.78, 5) is 0. The zero-order valence-corrected chi connectivity index (χ0v) is 9.11. The summed E-state index contributed by atoms with van der Waals surface area (Å²) in [7, 11) is 0. The zero-order chi connectivity index (χ0) is 11.1. The molecule has 0 fully saturated rings. The third-order valence-corrected chi connectivity index (χ3v) is 2.11. The van der Waals surface area contributed by atoms with Crippen molar-refractivity contribution in [3.05, 3.63) is 72.4 Å². The Balaban J connectivity index is 3.11. The minimum absolute atomic E-state index is 1.16. The van der Waals surface area contributed by atoms with Gasteiger partial charge in [-0.2, -0.15) is 0 Å². The maximum atomic E-state index is 3.75. The molecule has 0 heterocycles. The molecule has 15 heavy (non-hydrogen) atoms. The van der Waals surface area contributed by atoms with Crippen molar-refractivity contribution in [3.8, 4) is 0 Å². The molecule has 0 aliphatic carbocycles. The van der Waals surface area contributed by atoms with Gasteiger partial charge in [0.25, 0.3) is 0 Å². The summed E-state index contributed by atoms with van der Waals surface area (Å²) in [5, 5.41) is 0. The third kappa shape index (κ3) is 3.43. The molecule has 0 heteroatoms. The Kier molecular flexibility index (Phi) is 4.36. The molecule has 0 saturated heterocycles. The van der Waals surface area contributed by atoms with Gasteiger partial charge in [-0.3, -0.25) is 0 Å². The zero-order valence-electron chi connectivity index (χ0n) is 9.11. The molecule has 0 saturated carbocycles. The van der Waals surface area contributed by atoms with E-state index in [1.807, 2.05) is 31.2 Å². The maximum absolute atomic E-state index is 3.75. The van der Waals surface area contributed by atoms with E-state index in [0.29, 0.717) is 0 Å². The minimum atomic E-state index is 1.16. The Morgan fingerprint density at radius 1 is 1.13 bits per heavy atom. The fraction of sp³-hybridized carbons (Fsp3) is 0.0667. The van der Waals surface area contributed by atoms with Gasteiger partial charge in [0.05, 0.1) is 0 Å². The van der Waals surface area contributed by atoms with Crippen LogP contribution < -0.4 is 0 Å². The summed E-state index contributed by atoms with van der Waals surface area (Å²) in [6.45, 7) is 9.45. The molecule has 0 radical (unpaired) electrons. The van der Waals surface area contributed by atoms with Crippen LogP contribution in [-0.4, -0.2) is 0 Å². The van der Waals surface area contributed by atoms with Crippen LogP contribution >= 0.6 is 0 Å². The van der Waals surface area contributed by atoms with Crippen LogP contribution in [0.15, 0.2) is 61.2 Å². The largest absolute Gasteiger partial charge is 0.0991 e. The second-order valence-corrected chi connectivity index (χ2v) is 3.32. The van der Waals surface area contributed by atoms with Crippen LogP contribution in [0.3, 0.4) is 0 Å². The van der Waals surface area contributed by atoms with Gasteiger partial charge in [0, 0.05) is 0 Å². The molecule has 0 aromatic heterocycles. The van der Waals surface area contributed by atoms with Gasteiger partial charge in [0.15, 0.2) is 0 Å². The van der Waals surface area contributed by atoms with E-state index in [9.17, 15) is 0 Å². The number of rotatable bonds is 4. The third-order valence-electron chi connectivity index (χ3n) is 2.11. The van der Waals surface area contributed by atoms with Crippen molar-refractivity contribution in [1.82, 2.24) is 0 Å². The van der Waals surface area contributed by atoms with Gasteiger partial charge < -0.3 is 0 Å². The summed E-state index contributed by atoms with van der Waals surface area (Å²) in [5.41, 5.74) is 3.56. The predicted molar refractivity (Wildman–Crippen MR) is 69.5 cm³/mol. The molecular weight excluding hydrogens is 180 g/mol. The normalized spacial score (nSPS) is 11.7. The second kappa shape index (κ2) is 5.82. The Bertz CT molecular complexity index is 406. The molecule has 76 valence electrons. The molecule has 1 aromatic rings. The van der Waals surface area contributed by atoms with E-state index >= 15 is 0 Å². The first kappa shape index (κ1) is 11.3. The van der Waals surface area contributed by atoms with Crippen molar-refractivity contribution in [1.29, 1.82) is 0 Å². The van der Waals surface area contributed by atoms with Crippen molar-refractivity contribution in [2.45, 2.75) is 6.92 Å². The van der Waals surface area contributed by atoms with Crippen LogP contribution in [-0.2, 0) is 0 Å². The Hall–Kier alpha value is -1.82. The lowest BCUT2D eigenvalue weighted by Gasteiger charge is -2.01. The number of hydrogen-bond donors (Lipinski definition) is 0. The molecule has 0 spiro atoms. The average Bonchev–Trinajstić information content (AvgIpc) is 2.28. The highest BCUT2D eigenvalue weighted by Gasteiger charge is 1.94. The quantitative estimate of drug-likeness (QED) is 0.623. The summed E-state index contributed by atoms with van der Waals surface area (Å²) in [6, 6.07) is 8.24. The van der Waals surface area contributed by atoms with E-state index < -0.39 is 0 Å². The highest BCUT2D eigenvalue weighted by Crippen LogP contribution is 2.15. The molecule has 0 aliphatic rings. The molecule has 0 nitrogen and oxygen atoms in total.